The van der Waals surface area contributed by atoms with Crippen LogP contribution in [0.5, 0.6) is 5.75 Å². The number of methoxy groups -OCH3 is 1. The van der Waals surface area contributed by atoms with Gasteiger partial charge in [-0.1, -0.05) is 6.07 Å². The normalized spacial score (nSPS) is 10.5. The molecule has 0 aliphatic heterocycles. The fourth-order valence-electron chi connectivity index (χ4n) is 2.43. The van der Waals surface area contributed by atoms with Gasteiger partial charge in [-0.25, -0.2) is 4.98 Å². The van der Waals surface area contributed by atoms with Crippen LogP contribution < -0.4 is 10.1 Å². The molecule has 0 aliphatic rings. The van der Waals surface area contributed by atoms with Crippen molar-refractivity contribution >= 4 is 17.2 Å². The van der Waals surface area contributed by atoms with Crippen molar-refractivity contribution in [1.29, 1.82) is 0 Å². The second kappa shape index (κ2) is 7.90. The van der Waals surface area contributed by atoms with Gasteiger partial charge in [-0.2, -0.15) is 0 Å². The number of aryl methyl sites for hydroxylation is 1. The first-order valence-corrected chi connectivity index (χ1v) is 8.78. The summed E-state index contributed by atoms with van der Waals surface area (Å²) in [6, 6.07) is 11.0. The van der Waals surface area contributed by atoms with E-state index in [1.54, 1.807) is 43.0 Å². The van der Waals surface area contributed by atoms with E-state index in [9.17, 15) is 4.79 Å². The number of carbonyl (C=O) groups is 1. The summed E-state index contributed by atoms with van der Waals surface area (Å²) in [5.41, 5.74) is 2.67. The Labute approximate surface area is 150 Å². The van der Waals surface area contributed by atoms with E-state index >= 15 is 0 Å². The number of hydrogen-bond donors (Lipinski definition) is 1. The van der Waals surface area contributed by atoms with Crippen molar-refractivity contribution in [2.75, 3.05) is 13.7 Å². The number of benzene rings is 1. The van der Waals surface area contributed by atoms with Gasteiger partial charge < -0.3 is 10.1 Å². The number of hydrogen-bond acceptors (Lipinski definition) is 5. The third-order valence-corrected chi connectivity index (χ3v) is 5.06. The van der Waals surface area contributed by atoms with Crippen molar-refractivity contribution in [3.63, 3.8) is 0 Å². The van der Waals surface area contributed by atoms with Crippen molar-refractivity contribution in [3.05, 3.63) is 64.9 Å². The lowest BCUT2D eigenvalue weighted by molar-refractivity contribution is 0.0954. The minimum Gasteiger partial charge on any atom is -0.497 e. The second-order valence-corrected chi connectivity index (χ2v) is 6.58. The zero-order valence-corrected chi connectivity index (χ0v) is 15.0. The number of nitrogens with one attached hydrogen (secondary N) is 1. The quantitative estimate of drug-likeness (QED) is 0.737. The predicted octanol–water partition coefficient (Wildman–Crippen LogP) is 3.49. The number of ether oxygens (including phenoxy) is 1. The van der Waals surface area contributed by atoms with E-state index in [1.807, 2.05) is 31.2 Å². The Balaban J connectivity index is 1.60. The average molecular weight is 353 g/mol. The summed E-state index contributed by atoms with van der Waals surface area (Å²) in [6.45, 7) is 2.56. The zero-order chi connectivity index (χ0) is 17.6. The van der Waals surface area contributed by atoms with Gasteiger partial charge in [-0.05, 0) is 37.3 Å². The monoisotopic (exact) mass is 353 g/mol. The van der Waals surface area contributed by atoms with Crippen LogP contribution >= 0.6 is 11.3 Å². The molecule has 0 spiro atoms. The van der Waals surface area contributed by atoms with E-state index in [1.165, 1.54) is 4.88 Å². The Bertz CT molecular complexity index is 862. The van der Waals surface area contributed by atoms with Crippen molar-refractivity contribution in [3.8, 4) is 16.3 Å². The highest BCUT2D eigenvalue weighted by atomic mass is 32.1. The largest absolute Gasteiger partial charge is 0.497 e. The van der Waals surface area contributed by atoms with E-state index in [0.29, 0.717) is 17.9 Å². The molecule has 5 nitrogen and oxygen atoms in total. The van der Waals surface area contributed by atoms with E-state index in [2.05, 4.69) is 15.3 Å². The third-order valence-electron chi connectivity index (χ3n) is 3.79. The molecule has 0 atom stereocenters. The lowest BCUT2D eigenvalue weighted by atomic mass is 10.2. The van der Waals surface area contributed by atoms with Gasteiger partial charge in [0.05, 0.1) is 12.8 Å². The first-order valence-electron chi connectivity index (χ1n) is 7.96. The van der Waals surface area contributed by atoms with Gasteiger partial charge in [0, 0.05) is 41.4 Å². The van der Waals surface area contributed by atoms with Crippen LogP contribution in [0.4, 0.5) is 0 Å². The molecule has 25 heavy (non-hydrogen) atoms. The second-order valence-electron chi connectivity index (χ2n) is 5.50. The average Bonchev–Trinajstić information content (AvgIpc) is 3.03. The SMILES string of the molecule is COc1cccc(C(=O)NCCc2sc(-c3ccncc3)nc2C)c1. The van der Waals surface area contributed by atoms with Crippen molar-refractivity contribution in [1.82, 2.24) is 15.3 Å². The van der Waals surface area contributed by atoms with Crippen molar-refractivity contribution < 1.29 is 9.53 Å². The highest BCUT2D eigenvalue weighted by Gasteiger charge is 2.11. The molecule has 0 saturated carbocycles. The highest BCUT2D eigenvalue weighted by molar-refractivity contribution is 7.15. The molecule has 128 valence electrons. The molecular weight excluding hydrogens is 334 g/mol. The van der Waals surface area contributed by atoms with Gasteiger partial charge in [0.25, 0.3) is 5.91 Å². The Morgan fingerprint density at radius 3 is 2.80 bits per heavy atom. The fraction of sp³-hybridized carbons (Fsp3) is 0.211. The molecule has 0 unspecified atom stereocenters. The van der Waals surface area contributed by atoms with Crippen LogP contribution in [0.1, 0.15) is 20.9 Å². The number of rotatable bonds is 6. The van der Waals surface area contributed by atoms with Crippen molar-refractivity contribution in [2.24, 2.45) is 0 Å². The number of amides is 1. The molecule has 1 amide bonds. The summed E-state index contributed by atoms with van der Waals surface area (Å²) < 4.78 is 5.15. The molecule has 0 aliphatic carbocycles. The van der Waals surface area contributed by atoms with Crippen LogP contribution in [-0.4, -0.2) is 29.5 Å². The molecule has 6 heteroatoms. The Hall–Kier alpha value is -2.73. The first-order chi connectivity index (χ1) is 12.2. The van der Waals surface area contributed by atoms with E-state index in [4.69, 9.17) is 4.74 Å². The Morgan fingerprint density at radius 1 is 1.24 bits per heavy atom. The smallest absolute Gasteiger partial charge is 0.251 e. The summed E-state index contributed by atoms with van der Waals surface area (Å²) in [5, 5.41) is 3.93. The number of aromatic nitrogens is 2. The maximum atomic E-state index is 12.2. The number of pyridine rings is 1. The Morgan fingerprint density at radius 2 is 2.04 bits per heavy atom. The maximum absolute atomic E-state index is 12.2. The van der Waals surface area contributed by atoms with Gasteiger partial charge in [0.15, 0.2) is 0 Å². The summed E-state index contributed by atoms with van der Waals surface area (Å²) in [4.78, 5) is 22.1. The lowest BCUT2D eigenvalue weighted by Gasteiger charge is -2.06. The lowest BCUT2D eigenvalue weighted by Crippen LogP contribution is -2.25. The van der Waals surface area contributed by atoms with Crippen molar-refractivity contribution in [2.45, 2.75) is 13.3 Å². The van der Waals surface area contributed by atoms with Crippen LogP contribution in [0.3, 0.4) is 0 Å². The van der Waals surface area contributed by atoms with E-state index in [0.717, 1.165) is 22.7 Å². The van der Waals surface area contributed by atoms with Crippen LogP contribution in [-0.2, 0) is 6.42 Å². The zero-order valence-electron chi connectivity index (χ0n) is 14.2. The molecule has 1 N–H and O–H groups in total. The molecule has 0 saturated heterocycles. The topological polar surface area (TPSA) is 64.1 Å². The minimum atomic E-state index is -0.101. The van der Waals surface area contributed by atoms with Crippen LogP contribution in [0.15, 0.2) is 48.8 Å². The van der Waals surface area contributed by atoms with Gasteiger partial charge in [-0.15, -0.1) is 11.3 Å². The molecule has 0 radical (unpaired) electrons. The molecule has 1 aromatic carbocycles. The molecule has 0 bridgehead atoms. The summed E-state index contributed by atoms with van der Waals surface area (Å²) >= 11 is 1.66. The molecule has 2 aromatic heterocycles. The molecule has 3 aromatic rings. The first kappa shape index (κ1) is 17.1. The number of carbonyl (C=O) groups excluding carboxylic acids is 1. The van der Waals surface area contributed by atoms with Crippen LogP contribution in [0, 0.1) is 6.92 Å². The van der Waals surface area contributed by atoms with Gasteiger partial charge in [0.2, 0.25) is 0 Å². The molecule has 3 rings (SSSR count). The Kier molecular flexibility index (Phi) is 5.40. The predicted molar refractivity (Wildman–Crippen MR) is 99.1 cm³/mol. The molecule has 2 heterocycles. The van der Waals surface area contributed by atoms with Gasteiger partial charge >= 0.3 is 0 Å². The molecular formula is C19H19N3O2S. The van der Waals surface area contributed by atoms with E-state index in [-0.39, 0.29) is 5.91 Å². The summed E-state index contributed by atoms with van der Waals surface area (Å²) in [5.74, 6) is 0.573. The summed E-state index contributed by atoms with van der Waals surface area (Å²) in [6.07, 6.45) is 4.28. The third kappa shape index (κ3) is 4.22. The highest BCUT2D eigenvalue weighted by Crippen LogP contribution is 2.27. The maximum Gasteiger partial charge on any atom is 0.251 e. The van der Waals surface area contributed by atoms with Gasteiger partial charge in [-0.3, -0.25) is 9.78 Å². The number of nitrogens with zero attached hydrogens (tertiary/aromatic N) is 2. The van der Waals surface area contributed by atoms with Crippen LogP contribution in [0.2, 0.25) is 0 Å². The number of thiazole rings is 1. The van der Waals surface area contributed by atoms with E-state index < -0.39 is 0 Å². The fourth-order valence-corrected chi connectivity index (χ4v) is 3.50. The minimum absolute atomic E-state index is 0.101. The molecule has 0 fully saturated rings. The summed E-state index contributed by atoms with van der Waals surface area (Å²) in [7, 11) is 1.59. The van der Waals surface area contributed by atoms with Crippen LogP contribution in [0.25, 0.3) is 10.6 Å². The standard InChI is InChI=1S/C19H19N3O2S/c1-13-17(25-19(22-13)14-6-9-20-10-7-14)8-11-21-18(23)15-4-3-5-16(12-15)24-2/h3-7,9-10,12H,8,11H2,1-2H3,(H,21,23). The van der Waals surface area contributed by atoms with Gasteiger partial charge in [0.1, 0.15) is 10.8 Å².